The Balaban J connectivity index is 1.99. The number of likely N-dealkylation sites (tertiary alicyclic amines) is 1. The maximum Gasteiger partial charge on any atom is 0.312 e. The monoisotopic (exact) mass is 450 g/mol. The highest BCUT2D eigenvalue weighted by Gasteiger charge is 2.75. The summed E-state index contributed by atoms with van der Waals surface area (Å²) in [4.78, 5) is 43.9. The van der Waals surface area contributed by atoms with Crippen molar-refractivity contribution in [3.63, 3.8) is 0 Å². The number of aliphatic hydroxyl groups is 1. The third-order valence-electron chi connectivity index (χ3n) is 7.25. The van der Waals surface area contributed by atoms with Crippen molar-refractivity contribution in [2.24, 2.45) is 11.8 Å². The number of hydrogen-bond donors (Lipinski definition) is 1. The summed E-state index contributed by atoms with van der Waals surface area (Å²) in [6.07, 6.45) is 5.41. The molecule has 0 radical (unpaired) electrons. The number of carbonyl (C=O) groups excluding carboxylic acids is 3. The van der Waals surface area contributed by atoms with Crippen LogP contribution in [0.5, 0.6) is 0 Å². The molecule has 3 aliphatic rings. The third-order valence-corrected chi connectivity index (χ3v) is 7.25. The highest BCUT2D eigenvalue weighted by Crippen LogP contribution is 2.58. The van der Waals surface area contributed by atoms with Crippen molar-refractivity contribution in [3.8, 4) is 0 Å². The molecule has 3 aliphatic heterocycles. The van der Waals surface area contributed by atoms with Gasteiger partial charge in [0.2, 0.25) is 11.8 Å². The van der Waals surface area contributed by atoms with Crippen LogP contribution in [0.15, 0.2) is 12.7 Å². The molecule has 2 amide bonds. The van der Waals surface area contributed by atoms with Crippen LogP contribution in [0.1, 0.15) is 59.3 Å². The van der Waals surface area contributed by atoms with E-state index in [2.05, 4.69) is 13.5 Å². The van der Waals surface area contributed by atoms with Gasteiger partial charge in [-0.1, -0.05) is 19.4 Å². The van der Waals surface area contributed by atoms with Crippen LogP contribution in [0.25, 0.3) is 0 Å². The zero-order chi connectivity index (χ0) is 23.5. The molecule has 0 aromatic carbocycles. The summed E-state index contributed by atoms with van der Waals surface area (Å²) in [6, 6.07) is -0.780. The first kappa shape index (κ1) is 24.7. The van der Waals surface area contributed by atoms with Crippen molar-refractivity contribution in [3.05, 3.63) is 12.7 Å². The molecule has 0 saturated carbocycles. The van der Waals surface area contributed by atoms with Crippen LogP contribution in [0, 0.1) is 11.8 Å². The van der Waals surface area contributed by atoms with E-state index in [1.165, 1.54) is 0 Å². The molecule has 3 rings (SSSR count). The summed E-state index contributed by atoms with van der Waals surface area (Å²) in [5.74, 6) is -2.13. The molecule has 1 unspecified atom stereocenters. The fourth-order valence-electron chi connectivity index (χ4n) is 5.93. The second kappa shape index (κ2) is 10.3. The highest BCUT2D eigenvalue weighted by atomic mass is 16.6. The van der Waals surface area contributed by atoms with Crippen molar-refractivity contribution >= 4 is 17.8 Å². The minimum Gasteiger partial charge on any atom is -0.466 e. The first-order valence-electron chi connectivity index (χ1n) is 12.0. The summed E-state index contributed by atoms with van der Waals surface area (Å²) in [5.41, 5.74) is -0.999. The Kier molecular flexibility index (Phi) is 7.98. The lowest BCUT2D eigenvalue weighted by molar-refractivity contribution is -0.155. The second-order valence-electron chi connectivity index (χ2n) is 9.19. The fraction of sp³-hybridized carbons (Fsp3) is 0.792. The number of unbranched alkanes of at least 4 members (excludes halogenated alkanes) is 1. The van der Waals surface area contributed by atoms with Crippen LogP contribution in [-0.2, 0) is 23.9 Å². The van der Waals surface area contributed by atoms with Crippen molar-refractivity contribution in [2.45, 2.75) is 83.1 Å². The number of esters is 1. The van der Waals surface area contributed by atoms with Gasteiger partial charge in [0.05, 0.1) is 24.5 Å². The van der Waals surface area contributed by atoms with E-state index in [4.69, 9.17) is 9.47 Å². The van der Waals surface area contributed by atoms with Gasteiger partial charge in [-0.3, -0.25) is 14.4 Å². The second-order valence-corrected chi connectivity index (χ2v) is 9.19. The van der Waals surface area contributed by atoms with Crippen LogP contribution in [0.2, 0.25) is 0 Å². The number of rotatable bonds is 12. The molecule has 8 heteroatoms. The van der Waals surface area contributed by atoms with Gasteiger partial charge >= 0.3 is 5.97 Å². The van der Waals surface area contributed by atoms with Crippen LogP contribution < -0.4 is 0 Å². The molecular formula is C24H38N2O6. The summed E-state index contributed by atoms with van der Waals surface area (Å²) >= 11 is 0. The van der Waals surface area contributed by atoms with Gasteiger partial charge in [-0.05, 0) is 46.0 Å². The molecule has 1 spiro atoms. The Morgan fingerprint density at radius 1 is 1.41 bits per heavy atom. The van der Waals surface area contributed by atoms with Gasteiger partial charge in [-0.25, -0.2) is 0 Å². The van der Waals surface area contributed by atoms with Crippen LogP contribution in [0.3, 0.4) is 0 Å². The van der Waals surface area contributed by atoms with E-state index in [1.807, 2.05) is 6.92 Å². The van der Waals surface area contributed by atoms with Gasteiger partial charge in [0.15, 0.2) is 0 Å². The molecule has 3 heterocycles. The normalized spacial score (nSPS) is 31.5. The zero-order valence-electron chi connectivity index (χ0n) is 19.6. The molecule has 0 aromatic heterocycles. The smallest absolute Gasteiger partial charge is 0.312 e. The molecule has 8 nitrogen and oxygen atoms in total. The average molecular weight is 451 g/mol. The topological polar surface area (TPSA) is 96.4 Å². The van der Waals surface area contributed by atoms with E-state index in [1.54, 1.807) is 22.8 Å². The van der Waals surface area contributed by atoms with Gasteiger partial charge in [-0.2, -0.15) is 0 Å². The van der Waals surface area contributed by atoms with Crippen molar-refractivity contribution in [1.82, 2.24) is 9.80 Å². The molecule has 180 valence electrons. The Bertz CT molecular complexity index is 727. The van der Waals surface area contributed by atoms with E-state index in [9.17, 15) is 19.5 Å². The predicted molar refractivity (Wildman–Crippen MR) is 119 cm³/mol. The lowest BCUT2D eigenvalue weighted by atomic mass is 9.70. The molecule has 3 saturated heterocycles. The van der Waals surface area contributed by atoms with Gasteiger partial charge in [-0.15, -0.1) is 6.58 Å². The highest BCUT2D eigenvalue weighted by molar-refractivity contribution is 5.98. The number of aliphatic hydroxyl groups excluding tert-OH is 1. The summed E-state index contributed by atoms with van der Waals surface area (Å²) in [6.45, 7) is 10.7. The fourth-order valence-corrected chi connectivity index (χ4v) is 5.93. The van der Waals surface area contributed by atoms with Crippen molar-refractivity contribution < 1.29 is 29.0 Å². The predicted octanol–water partition coefficient (Wildman–Crippen LogP) is 1.90. The Morgan fingerprint density at radius 2 is 2.16 bits per heavy atom. The summed E-state index contributed by atoms with van der Waals surface area (Å²) in [5, 5.41) is 9.23. The number of nitrogens with zero attached hydrogens (tertiary/aromatic N) is 2. The van der Waals surface area contributed by atoms with E-state index < -0.39 is 29.4 Å². The van der Waals surface area contributed by atoms with E-state index in [0.29, 0.717) is 38.8 Å². The van der Waals surface area contributed by atoms with E-state index in [0.717, 1.165) is 12.8 Å². The van der Waals surface area contributed by atoms with Gasteiger partial charge in [0, 0.05) is 25.7 Å². The average Bonchev–Trinajstić information content (AvgIpc) is 3.40. The van der Waals surface area contributed by atoms with Crippen LogP contribution in [0.4, 0.5) is 0 Å². The summed E-state index contributed by atoms with van der Waals surface area (Å²) < 4.78 is 11.7. The molecular weight excluding hydrogens is 412 g/mol. The SMILES string of the molecule is C=CCN(C(=O)[C@@H]1N(CCCCO)C(=O)[C@H]2[C@H](C(=O)OCC)[C@@H]3CC[C@]12O3)C(C)CCC. The number of amides is 2. The molecule has 0 aromatic rings. The molecule has 32 heavy (non-hydrogen) atoms. The van der Waals surface area contributed by atoms with Crippen LogP contribution in [-0.4, -0.2) is 82.8 Å². The first-order chi connectivity index (χ1) is 15.4. The number of hydrogen-bond acceptors (Lipinski definition) is 6. The maximum atomic E-state index is 14.0. The number of ether oxygens (including phenoxy) is 2. The van der Waals surface area contributed by atoms with Crippen LogP contribution >= 0.6 is 0 Å². The van der Waals surface area contributed by atoms with Crippen molar-refractivity contribution in [1.29, 1.82) is 0 Å². The Morgan fingerprint density at radius 3 is 2.78 bits per heavy atom. The molecule has 3 fully saturated rings. The largest absolute Gasteiger partial charge is 0.466 e. The number of carbonyl (C=O) groups is 3. The molecule has 1 N–H and O–H groups in total. The first-order valence-corrected chi connectivity index (χ1v) is 12.0. The Hall–Kier alpha value is -1.93. The minimum absolute atomic E-state index is 0.00481. The lowest BCUT2D eigenvalue weighted by Gasteiger charge is -2.39. The lowest BCUT2D eigenvalue weighted by Crippen LogP contribution is -2.57. The summed E-state index contributed by atoms with van der Waals surface area (Å²) in [7, 11) is 0. The van der Waals surface area contributed by atoms with E-state index in [-0.39, 0.29) is 37.2 Å². The van der Waals surface area contributed by atoms with Gasteiger partial charge < -0.3 is 24.4 Å². The molecule has 6 atom stereocenters. The maximum absolute atomic E-state index is 14.0. The minimum atomic E-state index is -0.999. The van der Waals surface area contributed by atoms with Gasteiger partial charge in [0.1, 0.15) is 11.6 Å². The van der Waals surface area contributed by atoms with Crippen molar-refractivity contribution in [2.75, 3.05) is 26.3 Å². The Labute approximate surface area is 190 Å². The molecule has 2 bridgehead atoms. The van der Waals surface area contributed by atoms with E-state index >= 15 is 0 Å². The van der Waals surface area contributed by atoms with Gasteiger partial charge in [0.25, 0.3) is 0 Å². The number of fused-ring (bicyclic) bond motifs is 1. The quantitative estimate of drug-likeness (QED) is 0.277. The third kappa shape index (κ3) is 4.07. The standard InChI is InChI=1S/C24H38N2O6/c1-5-10-16(4)25(13-6-2)22(29)20-24-12-11-17(32-24)18(23(30)31-7-3)19(24)21(28)26(20)14-8-9-15-27/h6,16-20,27H,2,5,7-15H2,1,3-4H3/t16?,17-,18+,19+,20-,24+/m0/s1. The molecule has 0 aliphatic carbocycles. The zero-order valence-corrected chi connectivity index (χ0v) is 19.6.